The first-order valence-corrected chi connectivity index (χ1v) is 4.24. The van der Waals surface area contributed by atoms with E-state index < -0.39 is 0 Å². The second kappa shape index (κ2) is 3.03. The molecule has 4 nitrogen and oxygen atoms in total. The molecule has 68 valence electrons. The number of hydrogen-bond acceptors (Lipinski definition) is 4. The lowest BCUT2D eigenvalue weighted by Gasteiger charge is -2.08. The molecule has 0 radical (unpaired) electrons. The Labute approximate surface area is 70.8 Å². The third kappa shape index (κ3) is 1.21. The number of esters is 1. The maximum Gasteiger partial charge on any atom is 0.314 e. The molecule has 0 N–H and O–H groups in total. The summed E-state index contributed by atoms with van der Waals surface area (Å²) in [6.45, 7) is 3.41. The van der Waals surface area contributed by atoms with Gasteiger partial charge in [-0.3, -0.25) is 4.79 Å². The lowest BCUT2D eigenvalue weighted by atomic mass is 10.4. The van der Waals surface area contributed by atoms with Crippen LogP contribution in [0.4, 0.5) is 0 Å². The third-order valence-corrected chi connectivity index (χ3v) is 2.15. The standard InChI is InChI=1S/C8H12O4/c1-2-10-8(9)5-6-7(5)12-4-3-11-6/h5-7H,2-4H2,1H3. The normalized spacial score (nSPS) is 38.6. The molecule has 2 aliphatic rings. The van der Waals surface area contributed by atoms with Gasteiger partial charge >= 0.3 is 5.97 Å². The summed E-state index contributed by atoms with van der Waals surface area (Å²) < 4.78 is 15.5. The van der Waals surface area contributed by atoms with Crippen LogP contribution in [-0.2, 0) is 19.0 Å². The number of ether oxygens (including phenoxy) is 3. The van der Waals surface area contributed by atoms with Crippen LogP contribution in [0.15, 0.2) is 0 Å². The number of rotatable bonds is 2. The van der Waals surface area contributed by atoms with Crippen molar-refractivity contribution in [2.45, 2.75) is 19.1 Å². The van der Waals surface area contributed by atoms with Crippen LogP contribution in [0.2, 0.25) is 0 Å². The molecular formula is C8H12O4. The maximum absolute atomic E-state index is 11.2. The first-order valence-electron chi connectivity index (χ1n) is 4.24. The molecule has 2 rings (SSSR count). The van der Waals surface area contributed by atoms with Gasteiger partial charge in [0.05, 0.1) is 19.8 Å². The first-order chi connectivity index (χ1) is 5.84. The quantitative estimate of drug-likeness (QED) is 0.548. The average molecular weight is 172 g/mol. The Balaban J connectivity index is 1.87. The smallest absolute Gasteiger partial charge is 0.314 e. The van der Waals surface area contributed by atoms with Crippen LogP contribution in [-0.4, -0.2) is 38.0 Å². The van der Waals surface area contributed by atoms with Crippen molar-refractivity contribution in [3.63, 3.8) is 0 Å². The van der Waals surface area contributed by atoms with Gasteiger partial charge in [-0.05, 0) is 6.92 Å². The summed E-state index contributed by atoms with van der Waals surface area (Å²) in [5, 5.41) is 0. The van der Waals surface area contributed by atoms with E-state index in [-0.39, 0.29) is 24.1 Å². The monoisotopic (exact) mass is 172 g/mol. The van der Waals surface area contributed by atoms with Crippen molar-refractivity contribution in [1.82, 2.24) is 0 Å². The molecule has 1 heterocycles. The Bertz CT molecular complexity index is 179. The molecule has 1 saturated carbocycles. The predicted octanol–water partition coefficient (Wildman–Crippen LogP) is -0.0367. The lowest BCUT2D eigenvalue weighted by molar-refractivity contribution is -0.146. The van der Waals surface area contributed by atoms with Gasteiger partial charge in [0, 0.05) is 0 Å². The zero-order chi connectivity index (χ0) is 8.55. The Morgan fingerprint density at radius 2 is 2.00 bits per heavy atom. The fourth-order valence-electron chi connectivity index (χ4n) is 1.53. The first kappa shape index (κ1) is 8.01. The van der Waals surface area contributed by atoms with Crippen LogP contribution in [0, 0.1) is 5.92 Å². The molecule has 2 fully saturated rings. The largest absolute Gasteiger partial charge is 0.466 e. The molecule has 4 heteroatoms. The van der Waals surface area contributed by atoms with E-state index in [2.05, 4.69) is 0 Å². The highest BCUT2D eigenvalue weighted by Crippen LogP contribution is 2.40. The van der Waals surface area contributed by atoms with E-state index in [0.717, 1.165) is 0 Å². The molecule has 0 aromatic heterocycles. The Morgan fingerprint density at radius 3 is 2.50 bits per heavy atom. The van der Waals surface area contributed by atoms with Gasteiger partial charge in [0.25, 0.3) is 0 Å². The second-order valence-corrected chi connectivity index (χ2v) is 2.95. The van der Waals surface area contributed by atoms with E-state index in [4.69, 9.17) is 14.2 Å². The fourth-order valence-corrected chi connectivity index (χ4v) is 1.53. The highest BCUT2D eigenvalue weighted by Gasteiger charge is 2.60. The van der Waals surface area contributed by atoms with Crippen molar-refractivity contribution in [2.75, 3.05) is 19.8 Å². The Hall–Kier alpha value is -0.610. The van der Waals surface area contributed by atoms with Gasteiger partial charge in [0.1, 0.15) is 18.1 Å². The SMILES string of the molecule is CCOC(=O)C1C2OCCOC21. The van der Waals surface area contributed by atoms with E-state index in [1.165, 1.54) is 0 Å². The summed E-state index contributed by atoms with van der Waals surface area (Å²) in [6.07, 6.45) is -0.0596. The van der Waals surface area contributed by atoms with Gasteiger partial charge in [-0.25, -0.2) is 0 Å². The summed E-state index contributed by atoms with van der Waals surface area (Å²) in [6, 6.07) is 0. The Kier molecular flexibility index (Phi) is 2.02. The van der Waals surface area contributed by atoms with Crippen LogP contribution in [0.1, 0.15) is 6.92 Å². The summed E-state index contributed by atoms with van der Waals surface area (Å²) in [5.74, 6) is -0.346. The second-order valence-electron chi connectivity index (χ2n) is 2.95. The van der Waals surface area contributed by atoms with Gasteiger partial charge in [0.15, 0.2) is 0 Å². The van der Waals surface area contributed by atoms with Gasteiger partial charge in [-0.1, -0.05) is 0 Å². The molecule has 0 aromatic rings. The molecular weight excluding hydrogens is 160 g/mol. The third-order valence-electron chi connectivity index (χ3n) is 2.15. The van der Waals surface area contributed by atoms with E-state index >= 15 is 0 Å². The minimum absolute atomic E-state index is 0.0298. The molecule has 0 amide bonds. The molecule has 2 unspecified atom stereocenters. The molecule has 1 saturated heterocycles. The van der Waals surface area contributed by atoms with Crippen LogP contribution in [0.3, 0.4) is 0 Å². The molecule has 2 atom stereocenters. The van der Waals surface area contributed by atoms with Crippen molar-refractivity contribution in [2.24, 2.45) is 5.92 Å². The summed E-state index contributed by atoms with van der Waals surface area (Å²) in [4.78, 5) is 11.2. The van der Waals surface area contributed by atoms with Crippen LogP contribution in [0.25, 0.3) is 0 Å². The van der Waals surface area contributed by atoms with Crippen molar-refractivity contribution in [3.8, 4) is 0 Å². The van der Waals surface area contributed by atoms with E-state index in [0.29, 0.717) is 19.8 Å². The van der Waals surface area contributed by atoms with E-state index in [9.17, 15) is 4.79 Å². The van der Waals surface area contributed by atoms with Gasteiger partial charge in [-0.15, -0.1) is 0 Å². The van der Waals surface area contributed by atoms with Crippen LogP contribution in [0.5, 0.6) is 0 Å². The van der Waals surface area contributed by atoms with E-state index in [1.54, 1.807) is 6.92 Å². The minimum atomic E-state index is -0.186. The summed E-state index contributed by atoms with van der Waals surface area (Å²) in [5.41, 5.74) is 0. The lowest BCUT2D eigenvalue weighted by Crippen LogP contribution is -2.16. The van der Waals surface area contributed by atoms with Crippen molar-refractivity contribution in [1.29, 1.82) is 0 Å². The fraction of sp³-hybridized carbons (Fsp3) is 0.875. The molecule has 0 bridgehead atoms. The highest BCUT2D eigenvalue weighted by atomic mass is 16.6. The van der Waals surface area contributed by atoms with E-state index in [1.807, 2.05) is 0 Å². The van der Waals surface area contributed by atoms with Gasteiger partial charge in [-0.2, -0.15) is 0 Å². The number of carbonyl (C=O) groups excluding carboxylic acids is 1. The number of hydrogen-bond donors (Lipinski definition) is 0. The topological polar surface area (TPSA) is 44.8 Å². The maximum atomic E-state index is 11.2. The molecule has 1 aliphatic carbocycles. The summed E-state index contributed by atoms with van der Waals surface area (Å²) >= 11 is 0. The highest BCUT2D eigenvalue weighted by molar-refractivity contribution is 5.78. The Morgan fingerprint density at radius 1 is 1.42 bits per heavy atom. The van der Waals surface area contributed by atoms with Crippen molar-refractivity contribution < 1.29 is 19.0 Å². The van der Waals surface area contributed by atoms with Crippen LogP contribution < -0.4 is 0 Å². The predicted molar refractivity (Wildman–Crippen MR) is 39.6 cm³/mol. The molecule has 0 spiro atoms. The minimum Gasteiger partial charge on any atom is -0.466 e. The van der Waals surface area contributed by atoms with Crippen molar-refractivity contribution in [3.05, 3.63) is 0 Å². The molecule has 12 heavy (non-hydrogen) atoms. The molecule has 0 aromatic carbocycles. The van der Waals surface area contributed by atoms with Crippen molar-refractivity contribution >= 4 is 5.97 Å². The zero-order valence-electron chi connectivity index (χ0n) is 6.99. The van der Waals surface area contributed by atoms with Crippen LogP contribution >= 0.6 is 0 Å². The zero-order valence-corrected chi connectivity index (χ0v) is 6.99. The summed E-state index contributed by atoms with van der Waals surface area (Å²) in [7, 11) is 0. The van der Waals surface area contributed by atoms with Gasteiger partial charge < -0.3 is 14.2 Å². The number of carbonyl (C=O) groups is 1. The average Bonchev–Trinajstić information content (AvgIpc) is 2.78. The number of fused-ring (bicyclic) bond motifs is 1. The van der Waals surface area contributed by atoms with Gasteiger partial charge in [0.2, 0.25) is 0 Å². The molecule has 1 aliphatic heterocycles.